The zero-order chi connectivity index (χ0) is 19.4. The van der Waals surface area contributed by atoms with Crippen LogP contribution in [0.2, 0.25) is 10.0 Å². The number of hydrogen-bond donors (Lipinski definition) is 1. The second-order valence-electron chi connectivity index (χ2n) is 7.33. The molecule has 4 nitrogen and oxygen atoms in total. The number of rotatable bonds is 2. The van der Waals surface area contributed by atoms with Gasteiger partial charge in [0.2, 0.25) is 0 Å². The van der Waals surface area contributed by atoms with E-state index in [1.54, 1.807) is 12.1 Å². The minimum Gasteiger partial charge on any atom is -0.378 e. The van der Waals surface area contributed by atoms with Gasteiger partial charge in [-0.15, -0.1) is 0 Å². The number of hydrogen-bond acceptors (Lipinski definition) is 3. The fourth-order valence-corrected chi connectivity index (χ4v) is 5.39. The van der Waals surface area contributed by atoms with E-state index in [1.165, 1.54) is 17.2 Å². The van der Waals surface area contributed by atoms with Crippen LogP contribution in [0.3, 0.4) is 0 Å². The van der Waals surface area contributed by atoms with E-state index in [0.29, 0.717) is 10.0 Å². The summed E-state index contributed by atoms with van der Waals surface area (Å²) in [4.78, 5) is 11.0. The van der Waals surface area contributed by atoms with Gasteiger partial charge in [0.25, 0.3) is 5.69 Å². The van der Waals surface area contributed by atoms with Crippen molar-refractivity contribution in [3.63, 3.8) is 0 Å². The van der Waals surface area contributed by atoms with Crippen LogP contribution in [-0.2, 0) is 6.42 Å². The smallest absolute Gasteiger partial charge is 0.269 e. The Labute approximate surface area is 172 Å². The predicted molar refractivity (Wildman–Crippen MR) is 111 cm³/mol. The lowest BCUT2D eigenvalue weighted by Crippen LogP contribution is -2.30. The first-order valence-corrected chi connectivity index (χ1v) is 9.87. The van der Waals surface area contributed by atoms with Crippen LogP contribution in [-0.4, -0.2) is 4.92 Å². The molecule has 0 amide bonds. The predicted octanol–water partition coefficient (Wildman–Crippen LogP) is 6.37. The molecule has 3 atom stereocenters. The number of nitrogens with one attached hydrogen (secondary N) is 1. The lowest BCUT2D eigenvalue weighted by atomic mass is 9.75. The summed E-state index contributed by atoms with van der Waals surface area (Å²) in [5.74, 6) is 0.231. The number of non-ortho nitro benzene ring substituents is 1. The van der Waals surface area contributed by atoms with Crippen molar-refractivity contribution in [2.75, 3.05) is 5.32 Å². The molecule has 0 aromatic heterocycles. The molecule has 2 aliphatic rings. The van der Waals surface area contributed by atoms with E-state index in [4.69, 9.17) is 23.2 Å². The standard InChI is InChI=1S/C22H16Cl2N2O2/c23-17-6-3-7-18(24)21(17)22-16-10-12-4-1-2-5-14(12)20(16)15-11-13(26(27)28)8-9-19(15)25-22/h1-9,11,16,20,22,25H,10H2/t16-,20-,22+/m0/s1. The van der Waals surface area contributed by atoms with Crippen molar-refractivity contribution < 1.29 is 4.92 Å². The zero-order valence-electron chi connectivity index (χ0n) is 14.7. The van der Waals surface area contributed by atoms with Crippen LogP contribution in [0.15, 0.2) is 60.7 Å². The molecule has 0 bridgehead atoms. The summed E-state index contributed by atoms with van der Waals surface area (Å²) in [5.41, 5.74) is 5.35. The molecule has 1 aliphatic heterocycles. The molecule has 0 fully saturated rings. The summed E-state index contributed by atoms with van der Waals surface area (Å²) in [7, 11) is 0. The lowest BCUT2D eigenvalue weighted by Gasteiger charge is -2.38. The topological polar surface area (TPSA) is 55.2 Å². The number of benzene rings is 3. The fraction of sp³-hybridized carbons (Fsp3) is 0.182. The van der Waals surface area contributed by atoms with E-state index in [9.17, 15) is 10.1 Å². The second-order valence-corrected chi connectivity index (χ2v) is 8.14. The van der Waals surface area contributed by atoms with E-state index in [0.717, 1.165) is 23.2 Å². The van der Waals surface area contributed by atoms with Gasteiger partial charge in [-0.25, -0.2) is 0 Å². The first-order chi connectivity index (χ1) is 13.5. The number of nitro groups is 1. The average Bonchev–Trinajstić information content (AvgIpc) is 3.07. The number of nitro benzene ring substituents is 1. The van der Waals surface area contributed by atoms with Crippen LogP contribution in [0.5, 0.6) is 0 Å². The van der Waals surface area contributed by atoms with Crippen LogP contribution in [0, 0.1) is 16.0 Å². The summed E-state index contributed by atoms with van der Waals surface area (Å²) >= 11 is 13.1. The molecule has 0 saturated heterocycles. The fourth-order valence-electron chi connectivity index (χ4n) is 4.76. The molecule has 1 aliphatic carbocycles. The summed E-state index contributed by atoms with van der Waals surface area (Å²) in [6.07, 6.45) is 0.863. The van der Waals surface area contributed by atoms with Gasteiger partial charge in [0.1, 0.15) is 0 Å². The van der Waals surface area contributed by atoms with Crippen LogP contribution in [0.25, 0.3) is 0 Å². The maximum absolute atomic E-state index is 11.3. The van der Waals surface area contributed by atoms with Crippen molar-refractivity contribution in [2.45, 2.75) is 18.4 Å². The molecule has 1 N–H and O–H groups in total. The molecule has 5 rings (SSSR count). The van der Waals surface area contributed by atoms with Crippen molar-refractivity contribution in [3.8, 4) is 0 Å². The molecular weight excluding hydrogens is 395 g/mol. The minimum absolute atomic E-state index is 0.0599. The quantitative estimate of drug-likeness (QED) is 0.394. The molecule has 1 heterocycles. The normalized spacial score (nSPS) is 22.0. The molecule has 0 saturated carbocycles. The second kappa shape index (κ2) is 6.50. The molecule has 3 aromatic rings. The molecule has 6 heteroatoms. The molecule has 0 unspecified atom stereocenters. The molecular formula is C22H16Cl2N2O2. The zero-order valence-corrected chi connectivity index (χ0v) is 16.2. The summed E-state index contributed by atoms with van der Waals surface area (Å²) < 4.78 is 0. The van der Waals surface area contributed by atoms with Crippen molar-refractivity contribution in [2.24, 2.45) is 5.92 Å². The van der Waals surface area contributed by atoms with Crippen molar-refractivity contribution >= 4 is 34.6 Å². The van der Waals surface area contributed by atoms with E-state index in [-0.39, 0.29) is 28.5 Å². The van der Waals surface area contributed by atoms with Gasteiger partial charge in [-0.1, -0.05) is 53.5 Å². The summed E-state index contributed by atoms with van der Waals surface area (Å²) in [6.45, 7) is 0. The highest BCUT2D eigenvalue weighted by molar-refractivity contribution is 6.36. The third kappa shape index (κ3) is 2.60. The maximum Gasteiger partial charge on any atom is 0.269 e. The third-order valence-electron chi connectivity index (χ3n) is 5.90. The Morgan fingerprint density at radius 2 is 1.71 bits per heavy atom. The Kier molecular flexibility index (Phi) is 4.07. The van der Waals surface area contributed by atoms with Gasteiger partial charge in [-0.3, -0.25) is 10.1 Å². The van der Waals surface area contributed by atoms with Gasteiger partial charge < -0.3 is 5.32 Å². The third-order valence-corrected chi connectivity index (χ3v) is 6.56. The number of halogens is 2. The Morgan fingerprint density at radius 3 is 2.46 bits per heavy atom. The van der Waals surface area contributed by atoms with Crippen LogP contribution in [0.4, 0.5) is 11.4 Å². The highest BCUT2D eigenvalue weighted by atomic mass is 35.5. The molecule has 140 valence electrons. The van der Waals surface area contributed by atoms with Gasteiger partial charge in [-0.05, 0) is 47.2 Å². The number of fused-ring (bicyclic) bond motifs is 5. The Hall–Kier alpha value is -2.56. The largest absolute Gasteiger partial charge is 0.378 e. The summed E-state index contributed by atoms with van der Waals surface area (Å²) in [5, 5.41) is 16.2. The van der Waals surface area contributed by atoms with Gasteiger partial charge in [0.15, 0.2) is 0 Å². The van der Waals surface area contributed by atoms with Gasteiger partial charge in [0, 0.05) is 39.3 Å². The average molecular weight is 411 g/mol. The van der Waals surface area contributed by atoms with E-state index in [1.807, 2.05) is 30.3 Å². The molecule has 0 radical (unpaired) electrons. The van der Waals surface area contributed by atoms with Crippen molar-refractivity contribution in [1.82, 2.24) is 0 Å². The maximum atomic E-state index is 11.3. The minimum atomic E-state index is -0.340. The Morgan fingerprint density at radius 1 is 0.964 bits per heavy atom. The van der Waals surface area contributed by atoms with Gasteiger partial charge in [0.05, 0.1) is 11.0 Å². The van der Waals surface area contributed by atoms with Gasteiger partial charge in [-0.2, -0.15) is 0 Å². The molecule has 3 aromatic carbocycles. The first-order valence-electron chi connectivity index (χ1n) is 9.11. The van der Waals surface area contributed by atoms with Crippen LogP contribution in [0.1, 0.15) is 34.2 Å². The monoisotopic (exact) mass is 410 g/mol. The number of nitrogens with zero attached hydrogens (tertiary/aromatic N) is 1. The number of anilines is 1. The van der Waals surface area contributed by atoms with Crippen molar-refractivity contribution in [1.29, 1.82) is 0 Å². The van der Waals surface area contributed by atoms with E-state index < -0.39 is 0 Å². The van der Waals surface area contributed by atoms with Crippen LogP contribution < -0.4 is 5.32 Å². The Bertz CT molecular complexity index is 1100. The Balaban J connectivity index is 1.72. The van der Waals surface area contributed by atoms with Gasteiger partial charge >= 0.3 is 0 Å². The summed E-state index contributed by atoms with van der Waals surface area (Å²) in [6, 6.07) is 18.8. The highest BCUT2D eigenvalue weighted by Crippen LogP contribution is 2.55. The van der Waals surface area contributed by atoms with E-state index >= 15 is 0 Å². The molecule has 0 spiro atoms. The van der Waals surface area contributed by atoms with E-state index in [2.05, 4.69) is 17.4 Å². The first kappa shape index (κ1) is 17.5. The van der Waals surface area contributed by atoms with Crippen LogP contribution >= 0.6 is 23.2 Å². The lowest BCUT2D eigenvalue weighted by molar-refractivity contribution is -0.384. The SMILES string of the molecule is O=[N+]([O-])c1ccc2c(c1)[C@@H]1c3ccccc3C[C@@H]1[C@H](c1c(Cl)cccc1Cl)N2. The van der Waals surface area contributed by atoms with Crippen molar-refractivity contribution in [3.05, 3.63) is 103 Å². The highest BCUT2D eigenvalue weighted by Gasteiger charge is 2.44. The molecule has 28 heavy (non-hydrogen) atoms.